The highest BCUT2D eigenvalue weighted by molar-refractivity contribution is 9.10. The molecule has 32 heavy (non-hydrogen) atoms. The Labute approximate surface area is 199 Å². The summed E-state index contributed by atoms with van der Waals surface area (Å²) in [4.78, 5) is 24.0. The molecule has 1 amide bonds. The fourth-order valence-corrected chi connectivity index (χ4v) is 4.26. The van der Waals surface area contributed by atoms with E-state index in [9.17, 15) is 4.79 Å². The Morgan fingerprint density at radius 3 is 2.62 bits per heavy atom. The number of nitrogens with zero attached hydrogens (tertiary/aromatic N) is 4. The van der Waals surface area contributed by atoms with E-state index in [4.69, 9.17) is 26.1 Å². The smallest absolute Gasteiger partial charge is 0.420 e. The molecule has 0 saturated heterocycles. The van der Waals surface area contributed by atoms with Gasteiger partial charge in [0.2, 0.25) is 0 Å². The van der Waals surface area contributed by atoms with Crippen molar-refractivity contribution in [2.45, 2.75) is 33.3 Å². The average molecular weight is 518 g/mol. The fraction of sp³-hybridized carbons (Fsp3) is 0.261. The van der Waals surface area contributed by atoms with Gasteiger partial charge in [0.15, 0.2) is 5.82 Å². The van der Waals surface area contributed by atoms with Gasteiger partial charge in [0.1, 0.15) is 16.9 Å². The second kappa shape index (κ2) is 8.26. The lowest BCUT2D eigenvalue weighted by atomic mass is 10.1. The highest BCUT2D eigenvalue weighted by Gasteiger charge is 2.31. The average Bonchev–Trinajstić information content (AvgIpc) is 3.18. The summed E-state index contributed by atoms with van der Waals surface area (Å²) in [6.45, 7) is 7.32. The molecule has 0 radical (unpaired) electrons. The van der Waals surface area contributed by atoms with E-state index in [-0.39, 0.29) is 0 Å². The number of benzene rings is 2. The SMILES string of the molecule is COc1cc2c(cc1Br)nc(N(C(=O)OC(C)(C)C)c1c(C)cccc1Cl)c1cncn12. The van der Waals surface area contributed by atoms with Gasteiger partial charge >= 0.3 is 6.09 Å². The summed E-state index contributed by atoms with van der Waals surface area (Å²) in [5.41, 5.74) is 2.63. The van der Waals surface area contributed by atoms with E-state index in [1.54, 1.807) is 25.7 Å². The third-order valence-corrected chi connectivity index (χ3v) is 5.73. The lowest BCUT2D eigenvalue weighted by Crippen LogP contribution is -2.35. The van der Waals surface area contributed by atoms with Crippen molar-refractivity contribution in [3.63, 3.8) is 0 Å². The van der Waals surface area contributed by atoms with Gasteiger partial charge in [-0.25, -0.2) is 19.7 Å². The lowest BCUT2D eigenvalue weighted by molar-refractivity contribution is 0.0598. The third-order valence-electron chi connectivity index (χ3n) is 4.80. The number of ether oxygens (including phenoxy) is 2. The highest BCUT2D eigenvalue weighted by atomic mass is 79.9. The number of carbonyl (C=O) groups is 1. The van der Waals surface area contributed by atoms with E-state index in [1.165, 1.54) is 4.90 Å². The number of fused-ring (bicyclic) bond motifs is 3. The minimum absolute atomic E-state index is 0.359. The molecular formula is C23H22BrClN4O3. The summed E-state index contributed by atoms with van der Waals surface area (Å²) in [7, 11) is 1.60. The maximum Gasteiger partial charge on any atom is 0.420 e. The molecule has 9 heteroatoms. The largest absolute Gasteiger partial charge is 0.495 e. The summed E-state index contributed by atoms with van der Waals surface area (Å²) in [5.74, 6) is 1.02. The molecule has 2 heterocycles. The molecule has 166 valence electrons. The Kier molecular flexibility index (Phi) is 5.77. The number of para-hydroxylation sites is 1. The number of amides is 1. The van der Waals surface area contributed by atoms with Crippen LogP contribution in [0.4, 0.5) is 16.3 Å². The zero-order valence-electron chi connectivity index (χ0n) is 18.3. The third kappa shape index (κ3) is 4.00. The molecule has 0 bridgehead atoms. The predicted molar refractivity (Wildman–Crippen MR) is 129 cm³/mol. The minimum Gasteiger partial charge on any atom is -0.495 e. The first-order valence-corrected chi connectivity index (χ1v) is 11.1. The minimum atomic E-state index is -0.714. The molecule has 0 atom stereocenters. The van der Waals surface area contributed by atoms with Crippen LogP contribution in [0.3, 0.4) is 0 Å². The number of anilines is 2. The second-order valence-electron chi connectivity index (χ2n) is 8.28. The Hall–Kier alpha value is -2.84. The van der Waals surface area contributed by atoms with E-state index in [1.807, 2.05) is 56.4 Å². The van der Waals surface area contributed by atoms with Crippen molar-refractivity contribution >= 4 is 61.7 Å². The molecule has 4 rings (SSSR count). The molecule has 7 nitrogen and oxygen atoms in total. The van der Waals surface area contributed by atoms with Gasteiger partial charge in [-0.1, -0.05) is 23.7 Å². The lowest BCUT2D eigenvalue weighted by Gasteiger charge is -2.29. The van der Waals surface area contributed by atoms with Crippen LogP contribution in [0, 0.1) is 6.92 Å². The molecule has 0 fully saturated rings. The topological polar surface area (TPSA) is 69.0 Å². The maximum absolute atomic E-state index is 13.5. The first-order chi connectivity index (χ1) is 15.1. The van der Waals surface area contributed by atoms with Crippen LogP contribution in [0.1, 0.15) is 26.3 Å². The van der Waals surface area contributed by atoms with Gasteiger partial charge in [0.25, 0.3) is 0 Å². The van der Waals surface area contributed by atoms with Crippen LogP contribution in [0.25, 0.3) is 16.6 Å². The highest BCUT2D eigenvalue weighted by Crippen LogP contribution is 2.39. The fourth-order valence-electron chi connectivity index (χ4n) is 3.46. The monoisotopic (exact) mass is 516 g/mol. The standard InChI is InChI=1S/C23H22BrClN4O3/c1-13-7-6-8-15(25)20(13)29(22(30)32-23(2,3)4)21-18-11-26-12-28(18)17-10-19(31-5)14(24)9-16(17)27-21/h6-12H,1-5H3. The zero-order chi connectivity index (χ0) is 23.2. The van der Waals surface area contributed by atoms with Crippen LogP contribution in [0.2, 0.25) is 5.02 Å². The van der Waals surface area contributed by atoms with Gasteiger partial charge in [-0.15, -0.1) is 0 Å². The Morgan fingerprint density at radius 2 is 1.97 bits per heavy atom. The van der Waals surface area contributed by atoms with Crippen molar-refractivity contribution in [3.8, 4) is 5.75 Å². The van der Waals surface area contributed by atoms with Crippen LogP contribution in [-0.4, -0.2) is 33.2 Å². The molecule has 0 aliphatic carbocycles. The van der Waals surface area contributed by atoms with Crippen molar-refractivity contribution in [3.05, 3.63) is 57.9 Å². The summed E-state index contributed by atoms with van der Waals surface area (Å²) < 4.78 is 13.8. The number of carbonyl (C=O) groups excluding carboxylic acids is 1. The summed E-state index contributed by atoms with van der Waals surface area (Å²) in [5, 5.41) is 0.409. The molecule has 0 spiro atoms. The van der Waals surface area contributed by atoms with Crippen LogP contribution in [-0.2, 0) is 4.74 Å². The Bertz CT molecular complexity index is 1330. The van der Waals surface area contributed by atoms with Gasteiger partial charge in [-0.2, -0.15) is 0 Å². The number of hydrogen-bond donors (Lipinski definition) is 0. The van der Waals surface area contributed by atoms with Gasteiger partial charge < -0.3 is 9.47 Å². The molecule has 0 aliphatic heterocycles. The Balaban J connectivity index is 2.05. The van der Waals surface area contributed by atoms with E-state index in [0.29, 0.717) is 33.3 Å². The van der Waals surface area contributed by atoms with Crippen molar-refractivity contribution in [2.75, 3.05) is 12.0 Å². The number of aryl methyl sites for hydroxylation is 1. The van der Waals surface area contributed by atoms with Crippen molar-refractivity contribution in [2.24, 2.45) is 0 Å². The van der Waals surface area contributed by atoms with Crippen LogP contribution >= 0.6 is 27.5 Å². The molecule has 2 aromatic carbocycles. The van der Waals surface area contributed by atoms with Crippen LogP contribution < -0.4 is 9.64 Å². The van der Waals surface area contributed by atoms with Gasteiger partial charge in [0.05, 0.1) is 45.9 Å². The van der Waals surface area contributed by atoms with E-state index in [2.05, 4.69) is 20.9 Å². The van der Waals surface area contributed by atoms with Crippen molar-refractivity contribution in [1.82, 2.24) is 14.4 Å². The van der Waals surface area contributed by atoms with Crippen LogP contribution in [0.15, 0.2) is 47.3 Å². The first kappa shape index (κ1) is 22.4. The number of imidazole rings is 1. The van der Waals surface area contributed by atoms with Crippen molar-refractivity contribution < 1.29 is 14.3 Å². The number of rotatable bonds is 3. The van der Waals surface area contributed by atoms with Crippen LogP contribution in [0.5, 0.6) is 5.75 Å². The number of methoxy groups -OCH3 is 1. The van der Waals surface area contributed by atoms with E-state index in [0.717, 1.165) is 15.6 Å². The molecule has 4 aromatic rings. The number of hydrogen-bond acceptors (Lipinski definition) is 5. The molecule has 0 N–H and O–H groups in total. The number of halogens is 2. The normalized spacial score (nSPS) is 11.7. The van der Waals surface area contributed by atoms with Crippen molar-refractivity contribution in [1.29, 1.82) is 0 Å². The molecule has 0 saturated carbocycles. The summed E-state index contributed by atoms with van der Waals surface area (Å²) >= 11 is 10.1. The predicted octanol–water partition coefficient (Wildman–Crippen LogP) is 6.69. The first-order valence-electron chi connectivity index (χ1n) is 9.88. The van der Waals surface area contributed by atoms with Gasteiger partial charge in [-0.3, -0.25) is 4.40 Å². The summed E-state index contributed by atoms with van der Waals surface area (Å²) in [6.07, 6.45) is 2.74. The Morgan fingerprint density at radius 1 is 1.22 bits per heavy atom. The molecule has 0 aliphatic rings. The summed E-state index contributed by atoms with van der Waals surface area (Å²) in [6, 6.07) is 9.15. The van der Waals surface area contributed by atoms with Gasteiger partial charge in [0, 0.05) is 6.07 Å². The molecule has 2 aromatic heterocycles. The molecular weight excluding hydrogens is 496 g/mol. The maximum atomic E-state index is 13.5. The second-order valence-corrected chi connectivity index (χ2v) is 9.54. The molecule has 0 unspecified atom stereocenters. The van der Waals surface area contributed by atoms with E-state index < -0.39 is 11.7 Å². The zero-order valence-corrected chi connectivity index (χ0v) is 20.7. The van der Waals surface area contributed by atoms with Gasteiger partial charge in [-0.05, 0) is 61.3 Å². The van der Waals surface area contributed by atoms with E-state index >= 15 is 0 Å². The number of aromatic nitrogens is 3. The quantitative estimate of drug-likeness (QED) is 0.303.